The first kappa shape index (κ1) is 22.7. The van der Waals surface area contributed by atoms with Crippen LogP contribution in [0.2, 0.25) is 0 Å². The van der Waals surface area contributed by atoms with Gasteiger partial charge in [0.25, 0.3) is 5.69 Å². The number of nitrogens with one attached hydrogen (secondary N) is 1. The Morgan fingerprint density at radius 2 is 1.88 bits per heavy atom. The number of phenolic OH excluding ortho intramolecular Hbond substituents is 1. The van der Waals surface area contributed by atoms with Gasteiger partial charge in [0.05, 0.1) is 25.8 Å². The van der Waals surface area contributed by atoms with Gasteiger partial charge in [0.2, 0.25) is 5.78 Å². The van der Waals surface area contributed by atoms with E-state index in [9.17, 15) is 20.0 Å². The molecule has 0 spiro atoms. The maximum absolute atomic E-state index is 13.2. The summed E-state index contributed by atoms with van der Waals surface area (Å²) in [6.45, 7) is 1.83. The molecule has 0 atom stereocenters. The molecule has 0 amide bonds. The van der Waals surface area contributed by atoms with E-state index in [4.69, 9.17) is 0 Å². The third-order valence-corrected chi connectivity index (χ3v) is 6.19. The Kier molecular flexibility index (Phi) is 6.30. The van der Waals surface area contributed by atoms with Crippen LogP contribution in [0.4, 0.5) is 11.4 Å². The van der Waals surface area contributed by atoms with E-state index in [0.29, 0.717) is 20.2 Å². The Morgan fingerprint density at radius 3 is 2.58 bits per heavy atom. The average molecular weight is 572 g/mol. The first-order valence-electron chi connectivity index (χ1n) is 9.63. The number of nitro benzene ring substituents is 1. The van der Waals surface area contributed by atoms with Crippen LogP contribution < -0.4 is 5.43 Å². The van der Waals surface area contributed by atoms with Crippen LogP contribution in [-0.4, -0.2) is 26.4 Å². The van der Waals surface area contributed by atoms with E-state index in [-0.39, 0.29) is 28.5 Å². The van der Waals surface area contributed by atoms with Gasteiger partial charge in [0.1, 0.15) is 11.4 Å². The minimum Gasteiger partial charge on any atom is -0.506 e. The minimum absolute atomic E-state index is 0.0574. The zero-order valence-corrected chi connectivity index (χ0v) is 20.3. The van der Waals surface area contributed by atoms with Crippen LogP contribution >= 0.6 is 31.9 Å². The van der Waals surface area contributed by atoms with Crippen LogP contribution in [-0.2, 0) is 0 Å². The standard InChI is InChI=1S/C23H16Br2N4O4/c1-13-8-16-4-2-3-7-28(16)21(13)22(30)15-5-6-19(20(11-15)29(32)33)27-26-12-14-9-17(24)23(31)18(25)10-14/h2-12,27,31H,1H3/b26-12+. The normalized spacial score (nSPS) is 11.2. The number of aromatic hydroxyl groups is 1. The molecule has 0 aliphatic carbocycles. The van der Waals surface area contributed by atoms with E-state index in [1.807, 2.05) is 31.2 Å². The highest BCUT2D eigenvalue weighted by atomic mass is 79.9. The third kappa shape index (κ3) is 4.53. The SMILES string of the molecule is Cc1cc2ccccn2c1C(=O)c1ccc(N/N=C/c2cc(Br)c(O)c(Br)c2)c([N+](=O)[O-])c1. The number of hydrogen-bond donors (Lipinski definition) is 2. The predicted octanol–water partition coefficient (Wildman–Crippen LogP) is 6.06. The quantitative estimate of drug-likeness (QED) is 0.126. The zero-order valence-electron chi connectivity index (χ0n) is 17.1. The van der Waals surface area contributed by atoms with Crippen LogP contribution in [0.1, 0.15) is 27.2 Å². The fraction of sp³-hybridized carbons (Fsp3) is 0.0435. The fourth-order valence-corrected chi connectivity index (χ4v) is 4.66. The molecule has 0 radical (unpaired) electrons. The molecule has 0 bridgehead atoms. The number of anilines is 1. The van der Waals surface area contributed by atoms with Crippen molar-refractivity contribution in [3.8, 4) is 5.75 Å². The van der Waals surface area contributed by atoms with Gasteiger partial charge in [-0.1, -0.05) is 6.07 Å². The van der Waals surface area contributed by atoms with E-state index in [1.165, 1.54) is 24.4 Å². The number of carbonyl (C=O) groups is 1. The second-order valence-electron chi connectivity index (χ2n) is 7.19. The van der Waals surface area contributed by atoms with Crippen molar-refractivity contribution in [2.45, 2.75) is 6.92 Å². The lowest BCUT2D eigenvalue weighted by atomic mass is 10.0. The Morgan fingerprint density at radius 1 is 1.15 bits per heavy atom. The number of carbonyl (C=O) groups excluding carboxylic acids is 1. The molecule has 33 heavy (non-hydrogen) atoms. The molecule has 0 saturated carbocycles. The number of pyridine rings is 1. The number of nitrogens with zero attached hydrogens (tertiary/aromatic N) is 3. The van der Waals surface area contributed by atoms with E-state index in [0.717, 1.165) is 11.1 Å². The summed E-state index contributed by atoms with van der Waals surface area (Å²) in [5, 5.41) is 25.5. The van der Waals surface area contributed by atoms with Crippen LogP contribution in [0.15, 0.2) is 74.8 Å². The smallest absolute Gasteiger partial charge is 0.294 e. The van der Waals surface area contributed by atoms with E-state index < -0.39 is 4.92 Å². The van der Waals surface area contributed by atoms with E-state index in [2.05, 4.69) is 42.4 Å². The third-order valence-electron chi connectivity index (χ3n) is 4.98. The van der Waals surface area contributed by atoms with Crippen LogP contribution in [0.3, 0.4) is 0 Å². The van der Waals surface area contributed by atoms with Crippen molar-refractivity contribution in [3.63, 3.8) is 0 Å². The lowest BCUT2D eigenvalue weighted by molar-refractivity contribution is -0.384. The number of benzene rings is 2. The second kappa shape index (κ2) is 9.16. The van der Waals surface area contributed by atoms with Crippen LogP contribution in [0, 0.1) is 17.0 Å². The lowest BCUT2D eigenvalue weighted by Crippen LogP contribution is -2.08. The number of aryl methyl sites for hydroxylation is 1. The molecule has 2 N–H and O–H groups in total. The average Bonchev–Trinajstić information content (AvgIpc) is 3.12. The molecule has 0 fully saturated rings. The molecule has 0 saturated heterocycles. The molecule has 2 aromatic heterocycles. The van der Waals surface area contributed by atoms with E-state index >= 15 is 0 Å². The number of nitro groups is 1. The van der Waals surface area contributed by atoms with Gasteiger partial charge in [0.15, 0.2) is 0 Å². The number of ketones is 1. The number of hydrazone groups is 1. The molecule has 10 heteroatoms. The molecular weight excluding hydrogens is 556 g/mol. The number of hydrogen-bond acceptors (Lipinski definition) is 6. The second-order valence-corrected chi connectivity index (χ2v) is 8.90. The van der Waals surface area contributed by atoms with Crippen LogP contribution in [0.5, 0.6) is 5.75 Å². The highest BCUT2D eigenvalue weighted by Gasteiger charge is 2.21. The predicted molar refractivity (Wildman–Crippen MR) is 133 cm³/mol. The first-order chi connectivity index (χ1) is 15.8. The van der Waals surface area contributed by atoms with Gasteiger partial charge in [-0.05, 0) is 92.4 Å². The maximum atomic E-state index is 13.2. The Bertz CT molecular complexity index is 1420. The summed E-state index contributed by atoms with van der Waals surface area (Å²) in [6.07, 6.45) is 3.24. The Labute approximate surface area is 205 Å². The number of phenols is 1. The van der Waals surface area contributed by atoms with Crippen molar-refractivity contribution in [2.75, 3.05) is 5.43 Å². The molecule has 8 nitrogen and oxygen atoms in total. The van der Waals surface area contributed by atoms with Crippen LogP contribution in [0.25, 0.3) is 5.52 Å². The molecule has 2 heterocycles. The van der Waals surface area contributed by atoms with Gasteiger partial charge in [-0.3, -0.25) is 20.3 Å². The number of fused-ring (bicyclic) bond motifs is 1. The monoisotopic (exact) mass is 570 g/mol. The highest BCUT2D eigenvalue weighted by Crippen LogP contribution is 2.33. The summed E-state index contributed by atoms with van der Waals surface area (Å²) in [4.78, 5) is 24.3. The molecule has 4 aromatic rings. The van der Waals surface area contributed by atoms with Crippen molar-refractivity contribution in [1.29, 1.82) is 0 Å². The molecule has 0 unspecified atom stereocenters. The molecule has 0 aliphatic heterocycles. The van der Waals surface area contributed by atoms with Crippen molar-refractivity contribution >= 4 is 60.7 Å². The maximum Gasteiger partial charge on any atom is 0.294 e. The summed E-state index contributed by atoms with van der Waals surface area (Å²) < 4.78 is 2.72. The first-order valence-corrected chi connectivity index (χ1v) is 11.2. The van der Waals surface area contributed by atoms with Crippen molar-refractivity contribution in [3.05, 3.63) is 102 Å². The van der Waals surface area contributed by atoms with Crippen molar-refractivity contribution < 1.29 is 14.8 Å². The largest absolute Gasteiger partial charge is 0.506 e. The topological polar surface area (TPSA) is 109 Å². The van der Waals surface area contributed by atoms with Crippen molar-refractivity contribution in [1.82, 2.24) is 4.40 Å². The molecule has 166 valence electrons. The number of aromatic nitrogens is 1. The van der Waals surface area contributed by atoms with Gasteiger partial charge in [-0.25, -0.2) is 0 Å². The van der Waals surface area contributed by atoms with Gasteiger partial charge >= 0.3 is 0 Å². The summed E-state index contributed by atoms with van der Waals surface area (Å²) in [6, 6.07) is 15.0. The molecular formula is C23H16Br2N4O4. The zero-order chi connectivity index (χ0) is 23.7. The fourth-order valence-electron chi connectivity index (χ4n) is 3.44. The van der Waals surface area contributed by atoms with E-state index in [1.54, 1.807) is 22.7 Å². The van der Waals surface area contributed by atoms with Gasteiger partial charge in [-0.2, -0.15) is 5.10 Å². The van der Waals surface area contributed by atoms with Gasteiger partial charge in [0, 0.05) is 23.3 Å². The Hall–Kier alpha value is -3.50. The molecule has 0 aliphatic rings. The Balaban J connectivity index is 1.64. The number of halogens is 2. The summed E-state index contributed by atoms with van der Waals surface area (Å²) in [7, 11) is 0. The number of rotatable bonds is 6. The van der Waals surface area contributed by atoms with Gasteiger partial charge < -0.3 is 9.51 Å². The molecule has 4 rings (SSSR count). The lowest BCUT2D eigenvalue weighted by Gasteiger charge is -2.07. The highest BCUT2D eigenvalue weighted by molar-refractivity contribution is 9.11. The summed E-state index contributed by atoms with van der Waals surface area (Å²) in [5.41, 5.74) is 5.48. The summed E-state index contributed by atoms with van der Waals surface area (Å²) in [5.74, 6) is -0.252. The van der Waals surface area contributed by atoms with Gasteiger partial charge in [-0.15, -0.1) is 0 Å². The van der Waals surface area contributed by atoms with Crippen molar-refractivity contribution in [2.24, 2.45) is 5.10 Å². The summed E-state index contributed by atoms with van der Waals surface area (Å²) >= 11 is 6.47. The molecule has 2 aromatic carbocycles. The minimum atomic E-state index is -0.564.